The number of carbonyl (C=O) groups is 1. The van der Waals surface area contributed by atoms with E-state index in [0.717, 1.165) is 11.3 Å². The highest BCUT2D eigenvalue weighted by molar-refractivity contribution is 5.85. The summed E-state index contributed by atoms with van der Waals surface area (Å²) in [6.45, 7) is 0.288. The molecule has 2 aromatic carbocycles. The van der Waals surface area contributed by atoms with E-state index in [1.54, 1.807) is 7.11 Å². The number of halogens is 2. The number of carbonyl (C=O) groups excluding carboxylic acids is 1. The zero-order valence-electron chi connectivity index (χ0n) is 15.1. The highest BCUT2D eigenvalue weighted by atomic mass is 35.5. The van der Waals surface area contributed by atoms with E-state index in [9.17, 15) is 9.18 Å². The quantitative estimate of drug-likeness (QED) is 0.762. The van der Waals surface area contributed by atoms with Crippen molar-refractivity contribution in [3.05, 3.63) is 59.9 Å². The number of ether oxygens (including phenoxy) is 2. The third kappa shape index (κ3) is 6.20. The van der Waals surface area contributed by atoms with Crippen molar-refractivity contribution in [2.45, 2.75) is 6.04 Å². The molecule has 0 saturated carbocycles. The lowest BCUT2D eigenvalue weighted by Gasteiger charge is -2.26. The number of methoxy groups -OCH3 is 1. The van der Waals surface area contributed by atoms with E-state index in [1.165, 1.54) is 24.3 Å². The maximum Gasteiger partial charge on any atom is 0.258 e. The molecule has 5 nitrogen and oxygen atoms in total. The first-order valence-corrected chi connectivity index (χ1v) is 7.95. The molecular formula is C19H24ClFN2O3. The number of nitrogens with zero attached hydrogens (tertiary/aromatic N) is 1. The molecule has 0 radical (unpaired) electrons. The zero-order valence-corrected chi connectivity index (χ0v) is 15.9. The van der Waals surface area contributed by atoms with Crippen LogP contribution in [0.25, 0.3) is 0 Å². The molecule has 1 unspecified atom stereocenters. The van der Waals surface area contributed by atoms with Crippen molar-refractivity contribution < 1.29 is 18.7 Å². The average molecular weight is 383 g/mol. The Labute approximate surface area is 159 Å². The third-order valence-electron chi connectivity index (χ3n) is 3.80. The Morgan fingerprint density at radius 2 is 1.81 bits per heavy atom. The molecule has 0 fully saturated rings. The molecule has 1 atom stereocenters. The SMILES string of the molecule is COc1ccccc1C(CNC(=O)COc1ccc(F)cc1)N(C)C.Cl. The lowest BCUT2D eigenvalue weighted by molar-refractivity contribution is -0.123. The van der Waals surface area contributed by atoms with Gasteiger partial charge >= 0.3 is 0 Å². The Morgan fingerprint density at radius 1 is 1.15 bits per heavy atom. The second-order valence-corrected chi connectivity index (χ2v) is 5.77. The van der Waals surface area contributed by atoms with Crippen LogP contribution in [0.15, 0.2) is 48.5 Å². The van der Waals surface area contributed by atoms with Gasteiger partial charge in [-0.25, -0.2) is 4.39 Å². The standard InChI is InChI=1S/C19H23FN2O3.ClH/c1-22(2)17(16-6-4-5-7-18(16)24-3)12-21-19(23)13-25-15-10-8-14(20)9-11-15;/h4-11,17H,12-13H2,1-3H3,(H,21,23);1H. The first-order valence-electron chi connectivity index (χ1n) is 7.95. The predicted octanol–water partition coefficient (Wildman–Crippen LogP) is 3.05. The molecular weight excluding hydrogens is 359 g/mol. The van der Waals surface area contributed by atoms with Gasteiger partial charge < -0.3 is 19.7 Å². The van der Waals surface area contributed by atoms with Crippen molar-refractivity contribution >= 4 is 18.3 Å². The number of amides is 1. The van der Waals surface area contributed by atoms with Gasteiger partial charge in [0.2, 0.25) is 0 Å². The Kier molecular flexibility index (Phi) is 8.88. The number of benzene rings is 2. The Bertz CT molecular complexity index is 695. The van der Waals surface area contributed by atoms with Gasteiger partial charge in [-0.2, -0.15) is 0 Å². The average Bonchev–Trinajstić information content (AvgIpc) is 2.61. The van der Waals surface area contributed by atoms with Crippen molar-refractivity contribution in [2.75, 3.05) is 34.4 Å². The molecule has 0 bridgehead atoms. The summed E-state index contributed by atoms with van der Waals surface area (Å²) in [7, 11) is 5.51. The molecule has 0 spiro atoms. The van der Waals surface area contributed by atoms with Crippen LogP contribution in [0.4, 0.5) is 4.39 Å². The minimum absolute atomic E-state index is 0. The van der Waals surface area contributed by atoms with E-state index in [-0.39, 0.29) is 36.8 Å². The maximum absolute atomic E-state index is 12.8. The zero-order chi connectivity index (χ0) is 18.2. The van der Waals surface area contributed by atoms with Crippen LogP contribution in [0.5, 0.6) is 11.5 Å². The maximum atomic E-state index is 12.8. The lowest BCUT2D eigenvalue weighted by Crippen LogP contribution is -2.37. The molecule has 0 aliphatic carbocycles. The topological polar surface area (TPSA) is 50.8 Å². The van der Waals surface area contributed by atoms with Crippen molar-refractivity contribution in [2.24, 2.45) is 0 Å². The largest absolute Gasteiger partial charge is 0.496 e. The molecule has 2 aromatic rings. The van der Waals surface area contributed by atoms with Crippen LogP contribution >= 0.6 is 12.4 Å². The van der Waals surface area contributed by atoms with Crippen molar-refractivity contribution in [1.82, 2.24) is 10.2 Å². The second-order valence-electron chi connectivity index (χ2n) is 5.77. The summed E-state index contributed by atoms with van der Waals surface area (Å²) in [5.41, 5.74) is 0.995. The van der Waals surface area contributed by atoms with E-state index >= 15 is 0 Å². The molecule has 0 aromatic heterocycles. The predicted molar refractivity (Wildman–Crippen MR) is 102 cm³/mol. The van der Waals surface area contributed by atoms with Crippen LogP contribution in [0.1, 0.15) is 11.6 Å². The second kappa shape index (κ2) is 10.6. The van der Waals surface area contributed by atoms with Crippen LogP contribution < -0.4 is 14.8 Å². The molecule has 0 saturated heterocycles. The Balaban J connectivity index is 0.00000338. The van der Waals surface area contributed by atoms with Crippen LogP contribution in [0.2, 0.25) is 0 Å². The molecule has 142 valence electrons. The Hall–Kier alpha value is -2.31. The minimum Gasteiger partial charge on any atom is -0.496 e. The van der Waals surface area contributed by atoms with Crippen LogP contribution in [0, 0.1) is 5.82 Å². The van der Waals surface area contributed by atoms with Crippen molar-refractivity contribution in [3.8, 4) is 11.5 Å². The van der Waals surface area contributed by atoms with Crippen molar-refractivity contribution in [3.63, 3.8) is 0 Å². The van der Waals surface area contributed by atoms with E-state index in [2.05, 4.69) is 5.32 Å². The molecule has 1 amide bonds. The number of rotatable bonds is 8. The Morgan fingerprint density at radius 3 is 2.42 bits per heavy atom. The van der Waals surface area contributed by atoms with Gasteiger partial charge in [-0.1, -0.05) is 18.2 Å². The van der Waals surface area contributed by atoms with Gasteiger partial charge in [0.1, 0.15) is 17.3 Å². The van der Waals surface area contributed by atoms with Gasteiger partial charge in [0, 0.05) is 12.1 Å². The highest BCUT2D eigenvalue weighted by Gasteiger charge is 2.19. The lowest BCUT2D eigenvalue weighted by atomic mass is 10.0. The summed E-state index contributed by atoms with van der Waals surface area (Å²) < 4.78 is 23.6. The fourth-order valence-corrected chi connectivity index (χ4v) is 2.45. The molecule has 0 aliphatic rings. The summed E-state index contributed by atoms with van der Waals surface area (Å²) in [5.74, 6) is 0.636. The first kappa shape index (κ1) is 21.7. The third-order valence-corrected chi connectivity index (χ3v) is 3.80. The van der Waals surface area contributed by atoms with Crippen LogP contribution in [-0.2, 0) is 4.79 Å². The van der Waals surface area contributed by atoms with E-state index in [1.807, 2.05) is 43.3 Å². The van der Waals surface area contributed by atoms with E-state index in [0.29, 0.717) is 12.3 Å². The fraction of sp³-hybridized carbons (Fsp3) is 0.316. The number of likely N-dealkylation sites (N-methyl/N-ethyl adjacent to an activating group) is 1. The number of hydrogen-bond donors (Lipinski definition) is 1. The van der Waals surface area contributed by atoms with Gasteiger partial charge in [0.25, 0.3) is 5.91 Å². The number of nitrogens with one attached hydrogen (secondary N) is 1. The molecule has 0 aliphatic heterocycles. The summed E-state index contributed by atoms with van der Waals surface area (Å²) in [6, 6.07) is 13.2. The van der Waals surface area contributed by atoms with Gasteiger partial charge in [-0.15, -0.1) is 12.4 Å². The van der Waals surface area contributed by atoms with Gasteiger partial charge in [0.15, 0.2) is 6.61 Å². The smallest absolute Gasteiger partial charge is 0.258 e. The van der Waals surface area contributed by atoms with E-state index < -0.39 is 0 Å². The molecule has 2 rings (SSSR count). The van der Waals surface area contributed by atoms with Crippen LogP contribution in [-0.4, -0.2) is 45.2 Å². The minimum atomic E-state index is -0.345. The summed E-state index contributed by atoms with van der Waals surface area (Å²) in [6.07, 6.45) is 0. The molecule has 26 heavy (non-hydrogen) atoms. The van der Waals surface area contributed by atoms with E-state index in [4.69, 9.17) is 9.47 Å². The number of hydrogen-bond acceptors (Lipinski definition) is 4. The van der Waals surface area contributed by atoms with Crippen LogP contribution in [0.3, 0.4) is 0 Å². The number of para-hydroxylation sites is 1. The first-order chi connectivity index (χ1) is 12.0. The summed E-state index contributed by atoms with van der Waals surface area (Å²) in [4.78, 5) is 14.0. The van der Waals surface area contributed by atoms with Gasteiger partial charge in [-0.05, 0) is 44.4 Å². The normalized spacial score (nSPS) is 11.4. The fourth-order valence-electron chi connectivity index (χ4n) is 2.45. The van der Waals surface area contributed by atoms with Crippen molar-refractivity contribution in [1.29, 1.82) is 0 Å². The van der Waals surface area contributed by atoms with Gasteiger partial charge in [-0.3, -0.25) is 4.79 Å². The molecule has 7 heteroatoms. The molecule has 0 heterocycles. The summed E-state index contributed by atoms with van der Waals surface area (Å²) in [5, 5.41) is 2.86. The monoisotopic (exact) mass is 382 g/mol. The molecule has 1 N–H and O–H groups in total. The van der Waals surface area contributed by atoms with Gasteiger partial charge in [0.05, 0.1) is 13.2 Å². The summed E-state index contributed by atoms with van der Waals surface area (Å²) >= 11 is 0. The highest BCUT2D eigenvalue weighted by Crippen LogP contribution is 2.27.